The fourth-order valence-electron chi connectivity index (χ4n) is 4.02. The van der Waals surface area contributed by atoms with Gasteiger partial charge >= 0.3 is 0 Å². The molecule has 2 N–H and O–H groups in total. The van der Waals surface area contributed by atoms with E-state index in [1.54, 1.807) is 6.92 Å². The lowest BCUT2D eigenvalue weighted by atomic mass is 9.83. The summed E-state index contributed by atoms with van der Waals surface area (Å²) >= 11 is 0. The van der Waals surface area contributed by atoms with E-state index in [1.807, 2.05) is 11.0 Å². The number of H-pyrrole nitrogens is 1. The quantitative estimate of drug-likeness (QED) is 0.814. The zero-order valence-electron chi connectivity index (χ0n) is 16.1. The van der Waals surface area contributed by atoms with Gasteiger partial charge < -0.3 is 15.0 Å². The van der Waals surface area contributed by atoms with Crippen LogP contribution in [0.1, 0.15) is 36.7 Å². The number of aryl methyl sites for hydroxylation is 1. The summed E-state index contributed by atoms with van der Waals surface area (Å²) in [6, 6.07) is 2.47. The Hall–Kier alpha value is -2.26. The molecule has 0 unspecified atom stereocenters. The Balaban J connectivity index is 1.31. The number of nitrogens with zero attached hydrogens (tertiary/aromatic N) is 5. The Morgan fingerprint density at radius 2 is 1.96 bits per heavy atom. The molecule has 3 aliphatic rings. The van der Waals surface area contributed by atoms with E-state index < -0.39 is 5.82 Å². The molecule has 0 aromatic carbocycles. The Labute approximate surface area is 163 Å². The number of anilines is 3. The van der Waals surface area contributed by atoms with Crippen molar-refractivity contribution in [1.82, 2.24) is 25.1 Å². The first-order valence-electron chi connectivity index (χ1n) is 10.1. The van der Waals surface area contributed by atoms with Gasteiger partial charge in [-0.05, 0) is 19.8 Å². The predicted octanol–water partition coefficient (Wildman–Crippen LogP) is 2.18. The van der Waals surface area contributed by atoms with Gasteiger partial charge in [0.1, 0.15) is 5.82 Å². The summed E-state index contributed by atoms with van der Waals surface area (Å²) in [5.74, 6) is 1.83. The third kappa shape index (κ3) is 3.33. The van der Waals surface area contributed by atoms with Crippen molar-refractivity contribution in [3.05, 3.63) is 23.4 Å². The normalized spacial score (nSPS) is 21.4. The number of halogens is 1. The minimum atomic E-state index is -0.417. The number of aromatic amines is 1. The van der Waals surface area contributed by atoms with E-state index in [1.165, 1.54) is 19.3 Å². The third-order valence-corrected chi connectivity index (χ3v) is 6.09. The highest BCUT2D eigenvalue weighted by molar-refractivity contribution is 5.59. The molecule has 0 bridgehead atoms. The average Bonchev–Trinajstić information content (AvgIpc) is 3.03. The zero-order valence-corrected chi connectivity index (χ0v) is 16.1. The molecule has 8 nitrogen and oxygen atoms in total. The van der Waals surface area contributed by atoms with Gasteiger partial charge in [-0.3, -0.25) is 10.00 Å². The third-order valence-electron chi connectivity index (χ3n) is 6.09. The number of rotatable bonds is 5. The summed E-state index contributed by atoms with van der Waals surface area (Å²) in [5, 5.41) is 10.4. The van der Waals surface area contributed by atoms with Crippen molar-refractivity contribution in [3.8, 4) is 0 Å². The van der Waals surface area contributed by atoms with Gasteiger partial charge in [-0.2, -0.15) is 9.49 Å². The first-order chi connectivity index (χ1) is 13.7. The predicted molar refractivity (Wildman–Crippen MR) is 104 cm³/mol. The monoisotopic (exact) mass is 387 g/mol. The van der Waals surface area contributed by atoms with Crippen LogP contribution in [0.2, 0.25) is 0 Å². The second-order valence-corrected chi connectivity index (χ2v) is 7.93. The number of nitrogens with one attached hydrogen (secondary N) is 2. The number of piperazine rings is 1. The molecule has 2 aliphatic heterocycles. The molecule has 2 saturated heterocycles. The summed E-state index contributed by atoms with van der Waals surface area (Å²) < 4.78 is 20.5. The average molecular weight is 387 g/mol. The van der Waals surface area contributed by atoms with Crippen molar-refractivity contribution >= 4 is 17.5 Å². The molecule has 4 heterocycles. The second-order valence-electron chi connectivity index (χ2n) is 7.93. The van der Waals surface area contributed by atoms with E-state index in [0.29, 0.717) is 29.4 Å². The Bertz CT molecular complexity index is 841. The number of ether oxygens (including phenoxy) is 1. The first-order valence-corrected chi connectivity index (χ1v) is 10.1. The summed E-state index contributed by atoms with van der Waals surface area (Å²) in [5.41, 5.74) is 1.11. The van der Waals surface area contributed by atoms with E-state index in [2.05, 4.69) is 30.4 Å². The van der Waals surface area contributed by atoms with Gasteiger partial charge in [0.25, 0.3) is 0 Å². The van der Waals surface area contributed by atoms with Crippen LogP contribution in [0, 0.1) is 12.7 Å². The second kappa shape index (κ2) is 7.29. The van der Waals surface area contributed by atoms with Crippen LogP contribution in [0.25, 0.3) is 0 Å². The molecule has 0 spiro atoms. The van der Waals surface area contributed by atoms with Crippen molar-refractivity contribution in [2.45, 2.75) is 38.1 Å². The summed E-state index contributed by atoms with van der Waals surface area (Å²) in [4.78, 5) is 13.1. The molecule has 3 fully saturated rings. The van der Waals surface area contributed by atoms with E-state index in [9.17, 15) is 0 Å². The largest absolute Gasteiger partial charge is 0.378 e. The molecule has 150 valence electrons. The van der Waals surface area contributed by atoms with Gasteiger partial charge in [-0.15, -0.1) is 0 Å². The van der Waals surface area contributed by atoms with Crippen molar-refractivity contribution in [2.75, 3.05) is 49.6 Å². The van der Waals surface area contributed by atoms with E-state index in [-0.39, 0.29) is 5.82 Å². The van der Waals surface area contributed by atoms with Crippen molar-refractivity contribution in [1.29, 1.82) is 0 Å². The molecule has 1 saturated carbocycles. The van der Waals surface area contributed by atoms with Gasteiger partial charge in [-0.1, -0.05) is 6.42 Å². The summed E-state index contributed by atoms with van der Waals surface area (Å²) in [7, 11) is 0. The molecular formula is C19H26FN7O. The van der Waals surface area contributed by atoms with E-state index in [4.69, 9.17) is 4.74 Å². The highest BCUT2D eigenvalue weighted by Crippen LogP contribution is 2.36. The fourth-order valence-corrected chi connectivity index (χ4v) is 4.02. The number of hydrogen-bond donors (Lipinski definition) is 2. The Morgan fingerprint density at radius 1 is 1.18 bits per heavy atom. The summed E-state index contributed by atoms with van der Waals surface area (Å²) in [6.45, 7) is 6.69. The van der Waals surface area contributed by atoms with Crippen LogP contribution < -0.4 is 10.2 Å². The molecule has 0 radical (unpaired) electrons. The van der Waals surface area contributed by atoms with Crippen LogP contribution >= 0.6 is 0 Å². The molecule has 5 rings (SSSR count). The maximum absolute atomic E-state index is 15.2. The molecule has 1 aliphatic carbocycles. The highest BCUT2D eigenvalue weighted by Gasteiger charge is 2.30. The molecule has 2 aromatic heterocycles. The van der Waals surface area contributed by atoms with Crippen molar-refractivity contribution in [3.63, 3.8) is 0 Å². The van der Waals surface area contributed by atoms with Gasteiger partial charge in [0.05, 0.1) is 19.3 Å². The van der Waals surface area contributed by atoms with Crippen LogP contribution in [0.4, 0.5) is 21.8 Å². The van der Waals surface area contributed by atoms with Gasteiger partial charge in [-0.25, -0.2) is 9.97 Å². The molecule has 0 amide bonds. The SMILES string of the molecule is Cc1nc(Nc2cc(C3CCC3)[nH]n2)c(F)c(N2CCN(C3COC3)CC2)n1. The van der Waals surface area contributed by atoms with Crippen LogP contribution in [-0.4, -0.2) is 70.5 Å². The molecule has 2 aromatic rings. The van der Waals surface area contributed by atoms with Crippen molar-refractivity contribution < 1.29 is 9.13 Å². The topological polar surface area (TPSA) is 82.2 Å². The number of hydrogen-bond acceptors (Lipinski definition) is 7. The maximum Gasteiger partial charge on any atom is 0.208 e. The van der Waals surface area contributed by atoms with E-state index >= 15 is 4.39 Å². The van der Waals surface area contributed by atoms with Crippen LogP contribution in [0.3, 0.4) is 0 Å². The van der Waals surface area contributed by atoms with Gasteiger partial charge in [0, 0.05) is 43.9 Å². The Kier molecular flexibility index (Phi) is 4.64. The molecular weight excluding hydrogens is 361 g/mol. The smallest absolute Gasteiger partial charge is 0.208 e. The number of aromatic nitrogens is 4. The minimum Gasteiger partial charge on any atom is -0.378 e. The zero-order chi connectivity index (χ0) is 19.1. The Morgan fingerprint density at radius 3 is 2.61 bits per heavy atom. The standard InChI is InChI=1S/C19H26FN7O/c1-12-21-18(23-16-9-15(24-25-16)13-3-2-4-13)17(20)19(22-12)27-7-5-26(6-8-27)14-10-28-11-14/h9,13-14H,2-8,10-11H2,1H3,(H2,21,22,23,24,25). The summed E-state index contributed by atoms with van der Waals surface area (Å²) in [6.07, 6.45) is 3.63. The molecule has 9 heteroatoms. The van der Waals surface area contributed by atoms with Crippen LogP contribution in [0.5, 0.6) is 0 Å². The lowest BCUT2D eigenvalue weighted by Gasteiger charge is -2.42. The van der Waals surface area contributed by atoms with Crippen LogP contribution in [-0.2, 0) is 4.74 Å². The van der Waals surface area contributed by atoms with Gasteiger partial charge in [0.15, 0.2) is 17.5 Å². The van der Waals surface area contributed by atoms with E-state index in [0.717, 1.165) is 45.1 Å². The lowest BCUT2D eigenvalue weighted by Crippen LogP contribution is -2.56. The van der Waals surface area contributed by atoms with Gasteiger partial charge in [0.2, 0.25) is 5.82 Å². The van der Waals surface area contributed by atoms with Crippen LogP contribution in [0.15, 0.2) is 6.07 Å². The maximum atomic E-state index is 15.2. The molecule has 28 heavy (non-hydrogen) atoms. The lowest BCUT2D eigenvalue weighted by molar-refractivity contribution is -0.0661. The first kappa shape index (κ1) is 17.8. The highest BCUT2D eigenvalue weighted by atomic mass is 19.1. The fraction of sp³-hybridized carbons (Fsp3) is 0.632. The minimum absolute atomic E-state index is 0.184. The molecule has 0 atom stereocenters. The van der Waals surface area contributed by atoms with Crippen molar-refractivity contribution in [2.24, 2.45) is 0 Å².